The molecule has 0 fully saturated rings. The fourth-order valence-electron chi connectivity index (χ4n) is 2.30. The average Bonchev–Trinajstić information content (AvgIpc) is 3.26. The summed E-state index contributed by atoms with van der Waals surface area (Å²) in [7, 11) is 1.80. The predicted octanol–water partition coefficient (Wildman–Crippen LogP) is 3.57. The molecule has 2 heterocycles. The van der Waals surface area contributed by atoms with Crippen LogP contribution >= 0.6 is 22.7 Å². The second-order valence-corrected chi connectivity index (χ2v) is 7.33. The number of carbonyl (C=O) groups is 1. The molecule has 0 aliphatic carbocycles. The molecule has 0 spiro atoms. The minimum atomic E-state index is 0.0184. The number of aliphatic hydroxyl groups is 1. The van der Waals surface area contributed by atoms with Crippen molar-refractivity contribution in [1.82, 2.24) is 9.88 Å². The highest BCUT2D eigenvalue weighted by Gasteiger charge is 2.13. The van der Waals surface area contributed by atoms with Crippen LogP contribution in [0.25, 0.3) is 9.88 Å². The second-order valence-electron chi connectivity index (χ2n) is 5.52. The van der Waals surface area contributed by atoms with E-state index in [1.165, 1.54) is 0 Å². The number of likely N-dealkylation sites (N-methyl/N-ethyl adjacent to an activating group) is 1. The molecule has 3 rings (SSSR count). The third-order valence-corrected chi connectivity index (χ3v) is 5.60. The van der Waals surface area contributed by atoms with E-state index in [1.54, 1.807) is 34.6 Å². The SMILES string of the molecule is CN(Cc1csc(-c2cccs2)n1)C(=O)Cc1ccc(CO)cc1. The normalized spacial score (nSPS) is 10.8. The van der Waals surface area contributed by atoms with E-state index in [4.69, 9.17) is 5.11 Å². The van der Waals surface area contributed by atoms with Crippen LogP contribution in [0.1, 0.15) is 16.8 Å². The molecule has 0 aliphatic rings. The highest BCUT2D eigenvalue weighted by Crippen LogP contribution is 2.28. The number of hydrogen-bond acceptors (Lipinski definition) is 5. The monoisotopic (exact) mass is 358 g/mol. The van der Waals surface area contributed by atoms with Crippen molar-refractivity contribution in [1.29, 1.82) is 0 Å². The van der Waals surface area contributed by atoms with E-state index in [0.717, 1.165) is 26.7 Å². The highest BCUT2D eigenvalue weighted by molar-refractivity contribution is 7.20. The van der Waals surface area contributed by atoms with E-state index in [9.17, 15) is 4.79 Å². The van der Waals surface area contributed by atoms with Crippen LogP contribution in [0.15, 0.2) is 47.2 Å². The van der Waals surface area contributed by atoms with Gasteiger partial charge < -0.3 is 10.0 Å². The van der Waals surface area contributed by atoms with Crippen molar-refractivity contribution in [2.45, 2.75) is 19.6 Å². The first-order chi connectivity index (χ1) is 11.7. The Morgan fingerprint density at radius 3 is 2.58 bits per heavy atom. The number of hydrogen-bond donors (Lipinski definition) is 1. The quantitative estimate of drug-likeness (QED) is 0.733. The highest BCUT2D eigenvalue weighted by atomic mass is 32.1. The Balaban J connectivity index is 1.59. The summed E-state index contributed by atoms with van der Waals surface area (Å²) in [6.07, 6.45) is 0.351. The average molecular weight is 358 g/mol. The molecule has 1 N–H and O–H groups in total. The number of benzene rings is 1. The Kier molecular flexibility index (Phi) is 5.40. The number of nitrogens with zero attached hydrogens (tertiary/aromatic N) is 2. The molecule has 0 radical (unpaired) electrons. The Bertz CT molecular complexity index is 795. The zero-order chi connectivity index (χ0) is 16.9. The third kappa shape index (κ3) is 4.08. The smallest absolute Gasteiger partial charge is 0.227 e. The van der Waals surface area contributed by atoms with Crippen molar-refractivity contribution in [3.63, 3.8) is 0 Å². The van der Waals surface area contributed by atoms with Crippen LogP contribution in [0.4, 0.5) is 0 Å². The van der Waals surface area contributed by atoms with Gasteiger partial charge in [-0.3, -0.25) is 4.79 Å². The van der Waals surface area contributed by atoms with Gasteiger partial charge >= 0.3 is 0 Å². The van der Waals surface area contributed by atoms with Gasteiger partial charge in [-0.05, 0) is 22.6 Å². The largest absolute Gasteiger partial charge is 0.392 e. The summed E-state index contributed by atoms with van der Waals surface area (Å²) in [5.74, 6) is 0.0532. The van der Waals surface area contributed by atoms with Crippen LogP contribution in [-0.2, 0) is 24.4 Å². The minimum Gasteiger partial charge on any atom is -0.392 e. The number of aromatic nitrogens is 1. The van der Waals surface area contributed by atoms with Gasteiger partial charge in [-0.15, -0.1) is 22.7 Å². The van der Waals surface area contributed by atoms with Crippen LogP contribution in [-0.4, -0.2) is 27.9 Å². The van der Waals surface area contributed by atoms with E-state index in [-0.39, 0.29) is 12.5 Å². The number of amides is 1. The first-order valence-electron chi connectivity index (χ1n) is 7.56. The van der Waals surface area contributed by atoms with Gasteiger partial charge in [0, 0.05) is 12.4 Å². The number of thiazole rings is 1. The summed E-state index contributed by atoms with van der Waals surface area (Å²) in [6, 6.07) is 11.5. The Labute approximate surface area is 149 Å². The summed E-state index contributed by atoms with van der Waals surface area (Å²) >= 11 is 3.28. The van der Waals surface area contributed by atoms with E-state index in [2.05, 4.69) is 11.1 Å². The lowest BCUT2D eigenvalue weighted by molar-refractivity contribution is -0.129. The molecule has 4 nitrogen and oxygen atoms in total. The van der Waals surface area contributed by atoms with Gasteiger partial charge in [-0.2, -0.15) is 0 Å². The molecule has 124 valence electrons. The van der Waals surface area contributed by atoms with Crippen LogP contribution < -0.4 is 0 Å². The Hall–Kier alpha value is -2.02. The molecule has 1 aromatic carbocycles. The fraction of sp³-hybridized carbons (Fsp3) is 0.222. The van der Waals surface area contributed by atoms with Crippen molar-refractivity contribution >= 4 is 28.6 Å². The number of rotatable bonds is 6. The summed E-state index contributed by atoms with van der Waals surface area (Å²) in [5, 5.41) is 14.1. The third-order valence-electron chi connectivity index (χ3n) is 3.67. The molecule has 0 saturated heterocycles. The Morgan fingerprint density at radius 2 is 1.92 bits per heavy atom. The molecular formula is C18H18N2O2S2. The van der Waals surface area contributed by atoms with Crippen molar-refractivity contribution in [3.8, 4) is 9.88 Å². The van der Waals surface area contributed by atoms with Crippen molar-refractivity contribution in [3.05, 3.63) is 64.0 Å². The molecule has 0 aliphatic heterocycles. The van der Waals surface area contributed by atoms with Crippen molar-refractivity contribution in [2.75, 3.05) is 7.05 Å². The molecule has 0 bridgehead atoms. The van der Waals surface area contributed by atoms with Gasteiger partial charge in [0.15, 0.2) is 0 Å². The minimum absolute atomic E-state index is 0.0184. The van der Waals surface area contributed by atoms with Gasteiger partial charge in [0.05, 0.1) is 30.1 Å². The van der Waals surface area contributed by atoms with Gasteiger partial charge in [-0.25, -0.2) is 4.98 Å². The molecule has 3 aromatic rings. The maximum atomic E-state index is 12.4. The maximum Gasteiger partial charge on any atom is 0.227 e. The standard InChI is InChI=1S/C18H18N2O2S2/c1-20(17(22)9-13-4-6-14(11-21)7-5-13)10-15-12-24-18(19-15)16-3-2-8-23-16/h2-8,12,21H,9-11H2,1H3. The van der Waals surface area contributed by atoms with E-state index in [0.29, 0.717) is 13.0 Å². The van der Waals surface area contributed by atoms with E-state index >= 15 is 0 Å². The van der Waals surface area contributed by atoms with Crippen LogP contribution in [0.3, 0.4) is 0 Å². The molecule has 0 saturated carbocycles. The molecule has 24 heavy (non-hydrogen) atoms. The Morgan fingerprint density at radius 1 is 1.17 bits per heavy atom. The zero-order valence-electron chi connectivity index (χ0n) is 13.3. The first-order valence-corrected chi connectivity index (χ1v) is 9.32. The van der Waals surface area contributed by atoms with Crippen molar-refractivity contribution in [2.24, 2.45) is 0 Å². The lowest BCUT2D eigenvalue weighted by Gasteiger charge is -2.16. The van der Waals surface area contributed by atoms with E-state index in [1.807, 2.05) is 41.1 Å². The summed E-state index contributed by atoms with van der Waals surface area (Å²) in [6.45, 7) is 0.528. The molecule has 6 heteroatoms. The summed E-state index contributed by atoms with van der Waals surface area (Å²) < 4.78 is 0. The number of aliphatic hydroxyl groups excluding tert-OH is 1. The number of thiophene rings is 1. The zero-order valence-corrected chi connectivity index (χ0v) is 14.9. The van der Waals surface area contributed by atoms with Crippen molar-refractivity contribution < 1.29 is 9.90 Å². The summed E-state index contributed by atoms with van der Waals surface area (Å²) in [4.78, 5) is 19.8. The maximum absolute atomic E-state index is 12.4. The van der Waals surface area contributed by atoms with E-state index < -0.39 is 0 Å². The van der Waals surface area contributed by atoms with Gasteiger partial charge in [0.1, 0.15) is 5.01 Å². The van der Waals surface area contributed by atoms with Gasteiger partial charge in [-0.1, -0.05) is 30.3 Å². The molecular weight excluding hydrogens is 340 g/mol. The molecule has 2 aromatic heterocycles. The van der Waals surface area contributed by atoms with Gasteiger partial charge in [0.25, 0.3) is 0 Å². The topological polar surface area (TPSA) is 53.4 Å². The fourth-order valence-corrected chi connectivity index (χ4v) is 3.92. The van der Waals surface area contributed by atoms with Crippen LogP contribution in [0.2, 0.25) is 0 Å². The van der Waals surface area contributed by atoms with Crippen LogP contribution in [0.5, 0.6) is 0 Å². The summed E-state index contributed by atoms with van der Waals surface area (Å²) in [5.41, 5.74) is 2.71. The van der Waals surface area contributed by atoms with Crippen LogP contribution in [0, 0.1) is 0 Å². The molecule has 1 amide bonds. The second kappa shape index (κ2) is 7.70. The molecule has 0 unspecified atom stereocenters. The lowest BCUT2D eigenvalue weighted by Crippen LogP contribution is -2.27. The number of carbonyl (C=O) groups excluding carboxylic acids is 1. The predicted molar refractivity (Wildman–Crippen MR) is 98.0 cm³/mol. The molecule has 0 atom stereocenters. The first kappa shape index (κ1) is 16.8. The van der Waals surface area contributed by atoms with Gasteiger partial charge in [0.2, 0.25) is 5.91 Å². The lowest BCUT2D eigenvalue weighted by atomic mass is 10.1.